The number of phenolic OH excluding ortho intramolecular Hbond substituents is 1. The number of benzene rings is 2. The van der Waals surface area contributed by atoms with Crippen LogP contribution in [0.15, 0.2) is 34.8 Å². The topological polar surface area (TPSA) is 59.0 Å². The normalized spacial score (nSPS) is 13.1. The van der Waals surface area contributed by atoms with Gasteiger partial charge < -0.3 is 19.5 Å². The average molecular weight is 392 g/mol. The van der Waals surface area contributed by atoms with Gasteiger partial charge in [0.2, 0.25) is 0 Å². The summed E-state index contributed by atoms with van der Waals surface area (Å²) in [5.74, 6) is 1.26. The van der Waals surface area contributed by atoms with E-state index in [1.54, 1.807) is 18.1 Å². The Bertz CT molecular complexity index is 774. The van der Waals surface area contributed by atoms with Gasteiger partial charge in [0.05, 0.1) is 26.3 Å². The molecule has 0 saturated carbocycles. The second-order valence-corrected chi connectivity index (χ2v) is 6.39. The molecule has 0 radical (unpaired) electrons. The molecule has 126 valence electrons. The fourth-order valence-electron chi connectivity index (χ4n) is 2.83. The number of nitrogens with zero attached hydrogens (tertiary/aromatic N) is 1. The zero-order valence-electron chi connectivity index (χ0n) is 13.5. The van der Waals surface area contributed by atoms with Crippen molar-refractivity contribution in [1.29, 1.82) is 0 Å². The number of hydrogen-bond donors (Lipinski definition) is 1. The Morgan fingerprint density at radius 3 is 2.54 bits per heavy atom. The number of ether oxygens (including phenoxy) is 2. The molecule has 0 atom stereocenters. The zero-order chi connectivity index (χ0) is 17.3. The van der Waals surface area contributed by atoms with Crippen LogP contribution < -0.4 is 9.47 Å². The Balaban J connectivity index is 1.74. The monoisotopic (exact) mass is 391 g/mol. The van der Waals surface area contributed by atoms with E-state index in [1.165, 1.54) is 7.11 Å². The number of aromatic hydroxyl groups is 1. The number of halogens is 1. The second kappa shape index (κ2) is 6.73. The minimum atomic E-state index is -0.0837. The van der Waals surface area contributed by atoms with Crippen LogP contribution in [0.3, 0.4) is 0 Å². The minimum absolute atomic E-state index is 0.0737. The average Bonchev–Trinajstić information content (AvgIpc) is 2.93. The van der Waals surface area contributed by atoms with Crippen molar-refractivity contribution in [2.45, 2.75) is 13.0 Å². The van der Waals surface area contributed by atoms with Gasteiger partial charge in [-0.05, 0) is 46.1 Å². The molecular weight excluding hydrogens is 374 g/mol. The van der Waals surface area contributed by atoms with Crippen LogP contribution >= 0.6 is 15.9 Å². The van der Waals surface area contributed by atoms with Crippen LogP contribution in [0.25, 0.3) is 0 Å². The van der Waals surface area contributed by atoms with Crippen molar-refractivity contribution in [1.82, 2.24) is 4.90 Å². The lowest BCUT2D eigenvalue weighted by Crippen LogP contribution is -2.26. The Morgan fingerprint density at radius 2 is 1.92 bits per heavy atom. The summed E-state index contributed by atoms with van der Waals surface area (Å²) in [6.07, 6.45) is 0.739. The number of carbonyl (C=O) groups excluding carboxylic acids is 1. The van der Waals surface area contributed by atoms with Crippen molar-refractivity contribution in [2.75, 3.05) is 20.8 Å². The lowest BCUT2D eigenvalue weighted by molar-refractivity contribution is 0.0780. The van der Waals surface area contributed by atoms with Gasteiger partial charge >= 0.3 is 0 Å². The molecule has 0 aliphatic carbocycles. The van der Waals surface area contributed by atoms with Crippen LogP contribution in [0.4, 0.5) is 0 Å². The van der Waals surface area contributed by atoms with E-state index in [9.17, 15) is 9.90 Å². The first kappa shape index (κ1) is 16.6. The predicted octanol–water partition coefficient (Wildman–Crippen LogP) is 3.37. The van der Waals surface area contributed by atoms with Gasteiger partial charge in [-0.3, -0.25) is 4.79 Å². The maximum Gasteiger partial charge on any atom is 0.254 e. The molecule has 1 amide bonds. The molecule has 6 heteroatoms. The van der Waals surface area contributed by atoms with Crippen LogP contribution in [0.5, 0.6) is 17.2 Å². The molecule has 1 aliphatic rings. The number of phenols is 1. The number of amides is 1. The smallest absolute Gasteiger partial charge is 0.254 e. The molecule has 1 aliphatic heterocycles. The molecular formula is C18H18BrNO4. The van der Waals surface area contributed by atoms with Crippen molar-refractivity contribution in [3.8, 4) is 17.2 Å². The van der Waals surface area contributed by atoms with Crippen molar-refractivity contribution < 1.29 is 19.4 Å². The molecule has 2 aromatic rings. The molecule has 2 aromatic carbocycles. The highest BCUT2D eigenvalue weighted by Crippen LogP contribution is 2.42. The lowest BCUT2D eigenvalue weighted by atomic mass is 10.1. The van der Waals surface area contributed by atoms with E-state index in [0.29, 0.717) is 34.4 Å². The summed E-state index contributed by atoms with van der Waals surface area (Å²) in [7, 11) is 3.14. The van der Waals surface area contributed by atoms with Crippen molar-refractivity contribution in [2.24, 2.45) is 0 Å². The van der Waals surface area contributed by atoms with E-state index < -0.39 is 0 Å². The van der Waals surface area contributed by atoms with Crippen LogP contribution in [0.2, 0.25) is 0 Å². The highest BCUT2D eigenvalue weighted by atomic mass is 79.9. The van der Waals surface area contributed by atoms with Gasteiger partial charge in [-0.15, -0.1) is 0 Å². The first-order valence-corrected chi connectivity index (χ1v) is 8.35. The fourth-order valence-corrected chi connectivity index (χ4v) is 3.34. The Labute approximate surface area is 148 Å². The fraction of sp³-hybridized carbons (Fsp3) is 0.278. The maximum atomic E-state index is 12.6. The Morgan fingerprint density at radius 1 is 1.21 bits per heavy atom. The Kier molecular flexibility index (Phi) is 4.66. The quantitative estimate of drug-likeness (QED) is 0.848. The molecule has 0 saturated heterocycles. The standard InChI is InChI=1S/C18H18BrNO4/c1-23-12-5-3-11(4-6-12)7-8-20-10-14-13(18(20)22)9-15(24-2)16(19)17(14)21/h3-6,9,21H,7-8,10H2,1-2H3. The SMILES string of the molecule is COc1ccc(CCN2Cc3c(cc(OC)c(Br)c3O)C2=O)cc1. The molecule has 0 bridgehead atoms. The van der Waals surface area contributed by atoms with E-state index >= 15 is 0 Å². The summed E-state index contributed by atoms with van der Waals surface area (Å²) in [4.78, 5) is 14.3. The van der Waals surface area contributed by atoms with Gasteiger partial charge in [0.1, 0.15) is 21.7 Å². The summed E-state index contributed by atoms with van der Waals surface area (Å²) >= 11 is 3.31. The van der Waals surface area contributed by atoms with Crippen molar-refractivity contribution in [3.05, 3.63) is 51.5 Å². The van der Waals surface area contributed by atoms with Crippen LogP contribution in [0.1, 0.15) is 21.5 Å². The molecule has 1 N–H and O–H groups in total. The molecule has 0 unspecified atom stereocenters. The van der Waals surface area contributed by atoms with Crippen LogP contribution in [-0.2, 0) is 13.0 Å². The van der Waals surface area contributed by atoms with E-state index in [1.807, 2.05) is 24.3 Å². The zero-order valence-corrected chi connectivity index (χ0v) is 15.1. The summed E-state index contributed by atoms with van der Waals surface area (Å²) in [5.41, 5.74) is 2.27. The van der Waals surface area contributed by atoms with Crippen LogP contribution in [-0.4, -0.2) is 36.7 Å². The largest absolute Gasteiger partial charge is 0.506 e. The van der Waals surface area contributed by atoms with Gasteiger partial charge in [-0.25, -0.2) is 0 Å². The van der Waals surface area contributed by atoms with Gasteiger partial charge in [0.25, 0.3) is 5.91 Å². The summed E-state index contributed by atoms with van der Waals surface area (Å²) in [6.45, 7) is 0.984. The summed E-state index contributed by atoms with van der Waals surface area (Å²) < 4.78 is 10.8. The van der Waals surface area contributed by atoms with Gasteiger partial charge in [0, 0.05) is 12.1 Å². The molecule has 0 spiro atoms. The maximum absolute atomic E-state index is 12.6. The van der Waals surface area contributed by atoms with Gasteiger partial charge in [0.15, 0.2) is 0 Å². The lowest BCUT2D eigenvalue weighted by Gasteiger charge is -2.15. The van der Waals surface area contributed by atoms with Crippen molar-refractivity contribution >= 4 is 21.8 Å². The van der Waals surface area contributed by atoms with Gasteiger partial charge in [-0.2, -0.15) is 0 Å². The third-order valence-corrected chi connectivity index (χ3v) is 4.99. The molecule has 5 nitrogen and oxygen atoms in total. The van der Waals surface area contributed by atoms with Gasteiger partial charge in [-0.1, -0.05) is 12.1 Å². The minimum Gasteiger partial charge on any atom is -0.506 e. The van der Waals surface area contributed by atoms with E-state index in [2.05, 4.69) is 15.9 Å². The number of carbonyl (C=O) groups is 1. The number of hydrogen-bond acceptors (Lipinski definition) is 4. The predicted molar refractivity (Wildman–Crippen MR) is 93.8 cm³/mol. The first-order chi connectivity index (χ1) is 11.5. The third kappa shape index (κ3) is 2.94. The second-order valence-electron chi connectivity index (χ2n) is 5.59. The number of rotatable bonds is 5. The van der Waals surface area contributed by atoms with E-state index in [-0.39, 0.29) is 11.7 Å². The van der Waals surface area contributed by atoms with E-state index in [4.69, 9.17) is 9.47 Å². The van der Waals surface area contributed by atoms with E-state index in [0.717, 1.165) is 17.7 Å². The third-order valence-electron chi connectivity index (χ3n) is 4.23. The number of fused-ring (bicyclic) bond motifs is 1. The molecule has 0 fully saturated rings. The molecule has 0 aromatic heterocycles. The summed E-state index contributed by atoms with van der Waals surface area (Å²) in [5, 5.41) is 10.3. The highest BCUT2D eigenvalue weighted by Gasteiger charge is 2.32. The molecule has 24 heavy (non-hydrogen) atoms. The number of methoxy groups -OCH3 is 2. The summed E-state index contributed by atoms with van der Waals surface area (Å²) in [6, 6.07) is 9.47. The van der Waals surface area contributed by atoms with Crippen LogP contribution in [0, 0.1) is 0 Å². The molecule has 1 heterocycles. The van der Waals surface area contributed by atoms with Crippen molar-refractivity contribution in [3.63, 3.8) is 0 Å². The molecule has 3 rings (SSSR count). The Hall–Kier alpha value is -2.21. The first-order valence-electron chi connectivity index (χ1n) is 7.55. The highest BCUT2D eigenvalue weighted by molar-refractivity contribution is 9.10.